The Hall–Kier alpha value is -3.80. The number of nitrogens with one attached hydrogen (secondary N) is 2. The van der Waals surface area contributed by atoms with Gasteiger partial charge in [-0.1, -0.05) is 51.0 Å². The predicted molar refractivity (Wildman–Crippen MR) is 136 cm³/mol. The fourth-order valence-electron chi connectivity index (χ4n) is 4.56. The van der Waals surface area contributed by atoms with Gasteiger partial charge >= 0.3 is 11.9 Å². The monoisotopic (exact) mass is 456 g/mol. The predicted octanol–water partition coefficient (Wildman–Crippen LogP) is 6.87. The number of carbonyl (C=O) groups is 2. The third kappa shape index (κ3) is 3.69. The zero-order chi connectivity index (χ0) is 23.7. The maximum Gasteiger partial charge on any atom is 0.338 e. The first-order valence-electron chi connectivity index (χ1n) is 12.0. The number of esters is 2. The van der Waals surface area contributed by atoms with Gasteiger partial charge in [0.25, 0.3) is 0 Å². The van der Waals surface area contributed by atoms with Gasteiger partial charge in [-0.05, 0) is 37.1 Å². The van der Waals surface area contributed by atoms with E-state index in [1.54, 1.807) is 0 Å². The second kappa shape index (κ2) is 9.21. The van der Waals surface area contributed by atoms with Crippen LogP contribution in [-0.2, 0) is 9.47 Å². The van der Waals surface area contributed by atoms with Crippen molar-refractivity contribution in [3.63, 3.8) is 0 Å². The molecule has 0 aliphatic carbocycles. The van der Waals surface area contributed by atoms with Crippen LogP contribution in [0.1, 0.15) is 60.2 Å². The summed E-state index contributed by atoms with van der Waals surface area (Å²) < 4.78 is 11.0. The SMILES string of the molecule is CCCCOC(=O)c1cccc2[nH]c3c(ccc4c3[nH]c3cccc(C(=O)OCCCC)c34)c12. The number of ether oxygens (including phenoxy) is 2. The Labute approximate surface area is 197 Å². The Bertz CT molecular complexity index is 1410. The van der Waals surface area contributed by atoms with Crippen molar-refractivity contribution >= 4 is 55.6 Å². The highest BCUT2D eigenvalue weighted by Gasteiger charge is 2.20. The number of hydrogen-bond donors (Lipinski definition) is 2. The molecule has 6 heteroatoms. The van der Waals surface area contributed by atoms with E-state index in [1.165, 1.54) is 0 Å². The first kappa shape index (κ1) is 22.0. The lowest BCUT2D eigenvalue weighted by molar-refractivity contribution is 0.0493. The second-order valence-corrected chi connectivity index (χ2v) is 8.60. The number of hydrogen-bond acceptors (Lipinski definition) is 4. The van der Waals surface area contributed by atoms with Gasteiger partial charge in [0.1, 0.15) is 0 Å². The van der Waals surface area contributed by atoms with E-state index in [9.17, 15) is 9.59 Å². The summed E-state index contributed by atoms with van der Waals surface area (Å²) in [6, 6.07) is 15.3. The van der Waals surface area contributed by atoms with Crippen LogP contribution in [0.4, 0.5) is 0 Å². The molecule has 2 heterocycles. The molecule has 0 atom stereocenters. The molecule has 3 aromatic carbocycles. The summed E-state index contributed by atoms with van der Waals surface area (Å²) in [6.07, 6.45) is 3.62. The second-order valence-electron chi connectivity index (χ2n) is 8.60. The Morgan fingerprint density at radius 2 is 1.12 bits per heavy atom. The highest BCUT2D eigenvalue weighted by Crippen LogP contribution is 2.37. The molecule has 34 heavy (non-hydrogen) atoms. The van der Waals surface area contributed by atoms with Crippen LogP contribution in [-0.4, -0.2) is 35.1 Å². The third-order valence-electron chi connectivity index (χ3n) is 6.29. The van der Waals surface area contributed by atoms with Crippen LogP contribution in [0.3, 0.4) is 0 Å². The standard InChI is InChI=1S/C28H28N2O4/c1-3-5-15-33-27(31)19-9-7-11-21-23(19)17-13-14-18-24-20(28(32)34-16-6-4-2)10-8-12-22(24)30-26(18)25(17)29-21/h7-14,29-30H,3-6,15-16H2,1-2H3. The average molecular weight is 457 g/mol. The maximum absolute atomic E-state index is 12.8. The molecule has 0 aliphatic rings. The summed E-state index contributed by atoms with van der Waals surface area (Å²) in [4.78, 5) is 32.6. The van der Waals surface area contributed by atoms with Gasteiger partial charge in [0.15, 0.2) is 0 Å². The van der Waals surface area contributed by atoms with E-state index in [2.05, 4.69) is 23.8 Å². The smallest absolute Gasteiger partial charge is 0.338 e. The number of benzene rings is 3. The van der Waals surface area contributed by atoms with Crippen molar-refractivity contribution in [1.29, 1.82) is 0 Å². The maximum atomic E-state index is 12.8. The minimum absolute atomic E-state index is 0.311. The normalized spacial score (nSPS) is 11.6. The molecule has 2 N–H and O–H groups in total. The summed E-state index contributed by atoms with van der Waals surface area (Å²) in [5.41, 5.74) is 4.62. The molecule has 0 saturated heterocycles. The molecule has 5 rings (SSSR count). The Morgan fingerprint density at radius 1 is 0.676 bits per heavy atom. The van der Waals surface area contributed by atoms with Gasteiger partial charge in [-0.3, -0.25) is 0 Å². The number of H-pyrrole nitrogens is 2. The van der Waals surface area contributed by atoms with E-state index in [0.717, 1.165) is 69.3 Å². The van der Waals surface area contributed by atoms with Crippen molar-refractivity contribution in [3.05, 3.63) is 59.7 Å². The zero-order valence-corrected chi connectivity index (χ0v) is 19.5. The molecule has 174 valence electrons. The molecule has 0 aliphatic heterocycles. The number of unbranched alkanes of at least 4 members (excludes halogenated alkanes) is 2. The summed E-state index contributed by atoms with van der Waals surface area (Å²) in [5, 5.41) is 3.56. The van der Waals surface area contributed by atoms with Crippen LogP contribution >= 0.6 is 0 Å². The Balaban J connectivity index is 1.66. The minimum Gasteiger partial charge on any atom is -0.462 e. The Kier molecular flexibility index (Phi) is 5.97. The lowest BCUT2D eigenvalue weighted by atomic mass is 10.0. The van der Waals surface area contributed by atoms with Crippen molar-refractivity contribution in [2.75, 3.05) is 13.2 Å². The summed E-state index contributed by atoms with van der Waals surface area (Å²) in [6.45, 7) is 4.96. The minimum atomic E-state index is -0.311. The molecule has 2 aromatic heterocycles. The van der Waals surface area contributed by atoms with E-state index in [-0.39, 0.29) is 11.9 Å². The molecule has 6 nitrogen and oxygen atoms in total. The van der Waals surface area contributed by atoms with Crippen LogP contribution in [0, 0.1) is 0 Å². The summed E-state index contributed by atoms with van der Waals surface area (Å²) >= 11 is 0. The van der Waals surface area contributed by atoms with E-state index < -0.39 is 0 Å². The first-order valence-corrected chi connectivity index (χ1v) is 12.0. The molecule has 0 amide bonds. The van der Waals surface area contributed by atoms with Crippen LogP contribution in [0.15, 0.2) is 48.5 Å². The quantitative estimate of drug-likeness (QED) is 0.197. The fraction of sp³-hybridized carbons (Fsp3) is 0.286. The molecular formula is C28H28N2O4. The zero-order valence-electron chi connectivity index (χ0n) is 19.5. The van der Waals surface area contributed by atoms with Crippen molar-refractivity contribution in [2.45, 2.75) is 39.5 Å². The van der Waals surface area contributed by atoms with E-state index in [1.807, 2.05) is 48.5 Å². The number of aromatic amines is 2. The van der Waals surface area contributed by atoms with E-state index in [4.69, 9.17) is 9.47 Å². The number of carbonyl (C=O) groups excluding carboxylic acids is 2. The van der Waals surface area contributed by atoms with Gasteiger partial charge < -0.3 is 19.4 Å². The average Bonchev–Trinajstić information content (AvgIpc) is 3.42. The topological polar surface area (TPSA) is 84.2 Å². The lowest BCUT2D eigenvalue weighted by Crippen LogP contribution is -2.06. The lowest BCUT2D eigenvalue weighted by Gasteiger charge is -2.06. The summed E-state index contributed by atoms with van der Waals surface area (Å²) in [5.74, 6) is -0.623. The number of rotatable bonds is 8. The molecule has 0 bridgehead atoms. The van der Waals surface area contributed by atoms with Gasteiger partial charge in [0, 0.05) is 32.6 Å². The van der Waals surface area contributed by atoms with Crippen molar-refractivity contribution in [2.24, 2.45) is 0 Å². The van der Waals surface area contributed by atoms with Gasteiger partial charge in [-0.15, -0.1) is 0 Å². The number of fused-ring (bicyclic) bond motifs is 7. The number of aromatic nitrogens is 2. The molecule has 0 spiro atoms. The molecule has 0 saturated carbocycles. The van der Waals surface area contributed by atoms with Crippen molar-refractivity contribution in [3.8, 4) is 0 Å². The van der Waals surface area contributed by atoms with Crippen molar-refractivity contribution < 1.29 is 19.1 Å². The van der Waals surface area contributed by atoms with Gasteiger partial charge in [0.2, 0.25) is 0 Å². The van der Waals surface area contributed by atoms with Crippen LogP contribution in [0.25, 0.3) is 43.6 Å². The molecule has 0 unspecified atom stereocenters. The van der Waals surface area contributed by atoms with Gasteiger partial charge in [0.05, 0.1) is 35.4 Å². The van der Waals surface area contributed by atoms with E-state index in [0.29, 0.717) is 24.3 Å². The summed E-state index contributed by atoms with van der Waals surface area (Å²) in [7, 11) is 0. The molecule has 0 fully saturated rings. The highest BCUT2D eigenvalue weighted by molar-refractivity contribution is 6.26. The molecular weight excluding hydrogens is 428 g/mol. The first-order chi connectivity index (χ1) is 16.6. The van der Waals surface area contributed by atoms with Gasteiger partial charge in [-0.25, -0.2) is 9.59 Å². The molecule has 0 radical (unpaired) electrons. The Morgan fingerprint density at radius 3 is 1.53 bits per heavy atom. The molecule has 5 aromatic rings. The third-order valence-corrected chi connectivity index (χ3v) is 6.29. The highest BCUT2D eigenvalue weighted by atomic mass is 16.5. The van der Waals surface area contributed by atoms with E-state index >= 15 is 0 Å². The largest absolute Gasteiger partial charge is 0.462 e. The van der Waals surface area contributed by atoms with Gasteiger partial charge in [-0.2, -0.15) is 0 Å². The van der Waals surface area contributed by atoms with Crippen LogP contribution in [0.5, 0.6) is 0 Å². The van der Waals surface area contributed by atoms with Crippen LogP contribution in [0.2, 0.25) is 0 Å². The van der Waals surface area contributed by atoms with Crippen molar-refractivity contribution in [1.82, 2.24) is 9.97 Å². The fourth-order valence-corrected chi connectivity index (χ4v) is 4.56. The van der Waals surface area contributed by atoms with Crippen LogP contribution < -0.4 is 0 Å².